The monoisotopic (exact) mass is 199 g/mol. The first-order valence-corrected chi connectivity index (χ1v) is 3.86. The molecule has 0 atom stereocenters. The third-order valence-electron chi connectivity index (χ3n) is 1.41. The summed E-state index contributed by atoms with van der Waals surface area (Å²) in [5.41, 5.74) is 0.250. The molecule has 0 aliphatic carbocycles. The van der Waals surface area contributed by atoms with Crippen LogP contribution < -0.4 is 10.6 Å². The van der Waals surface area contributed by atoms with E-state index in [2.05, 4.69) is 27.6 Å². The predicted molar refractivity (Wildman–Crippen MR) is 47.6 cm³/mol. The second-order valence-corrected chi connectivity index (χ2v) is 2.68. The van der Waals surface area contributed by atoms with Crippen LogP contribution in [0.2, 0.25) is 0 Å². The number of hydrogen-bond acceptors (Lipinski definition) is 4. The van der Waals surface area contributed by atoms with Gasteiger partial charge in [-0.1, -0.05) is 0 Å². The fraction of sp³-hybridized carbons (Fsp3) is 0.286. The lowest BCUT2D eigenvalue weighted by Crippen LogP contribution is -2.39. The third-order valence-corrected chi connectivity index (χ3v) is 1.62. The van der Waals surface area contributed by atoms with E-state index in [1.165, 1.54) is 13.3 Å². The molecule has 1 aliphatic heterocycles. The molecule has 0 fully saturated rings. The molecular weight excluding hydrogens is 192 g/mol. The molecule has 69 valence electrons. The Morgan fingerprint density at radius 3 is 3.00 bits per heavy atom. The summed E-state index contributed by atoms with van der Waals surface area (Å²) >= 11 is 4.62. The van der Waals surface area contributed by atoms with Crippen LogP contribution in [-0.4, -0.2) is 24.1 Å². The standard InChI is InChI=1S/C7H7N2O3S/c1-12-5(10)2-4-3-8-7(13)9-6(4)11/h3H,2H2,1H3,(H,9,11,13). The number of thiocarbonyl (C=S) groups is 1. The topological polar surface area (TPSA) is 69.5 Å². The summed E-state index contributed by atoms with van der Waals surface area (Å²) in [6, 6.07) is 0. The molecule has 6 heteroatoms. The minimum Gasteiger partial charge on any atom is -0.469 e. The van der Waals surface area contributed by atoms with Crippen LogP contribution >= 0.6 is 12.2 Å². The van der Waals surface area contributed by atoms with Gasteiger partial charge in [0.25, 0.3) is 5.91 Å². The molecule has 1 rings (SSSR count). The van der Waals surface area contributed by atoms with Crippen molar-refractivity contribution < 1.29 is 14.3 Å². The van der Waals surface area contributed by atoms with Gasteiger partial charge in [-0.25, -0.2) is 5.32 Å². The molecular formula is C7H7N2O3S. The lowest BCUT2D eigenvalue weighted by atomic mass is 10.2. The Morgan fingerprint density at radius 1 is 1.77 bits per heavy atom. The Bertz CT molecular complexity index is 298. The molecule has 1 N–H and O–H groups in total. The zero-order valence-corrected chi connectivity index (χ0v) is 7.68. The maximum atomic E-state index is 11.1. The SMILES string of the molecule is COC(=O)CC1=C[N]C(=S)NC1=O. The average Bonchev–Trinajstić information content (AvgIpc) is 2.09. The van der Waals surface area contributed by atoms with E-state index in [4.69, 9.17) is 0 Å². The Kier molecular flexibility index (Phi) is 2.97. The summed E-state index contributed by atoms with van der Waals surface area (Å²) in [5.74, 6) is -0.880. The van der Waals surface area contributed by atoms with Crippen molar-refractivity contribution in [3.8, 4) is 0 Å². The summed E-state index contributed by atoms with van der Waals surface area (Å²) in [6.45, 7) is 0. The Morgan fingerprint density at radius 2 is 2.46 bits per heavy atom. The number of carbonyl (C=O) groups excluding carboxylic acids is 2. The highest BCUT2D eigenvalue weighted by atomic mass is 32.1. The molecule has 0 saturated carbocycles. The van der Waals surface area contributed by atoms with Crippen molar-refractivity contribution in [1.29, 1.82) is 0 Å². The second-order valence-electron chi connectivity index (χ2n) is 2.30. The minimum atomic E-state index is -0.482. The smallest absolute Gasteiger partial charge is 0.310 e. The number of esters is 1. The molecule has 0 spiro atoms. The van der Waals surface area contributed by atoms with Crippen molar-refractivity contribution in [2.75, 3.05) is 7.11 Å². The van der Waals surface area contributed by atoms with Gasteiger partial charge in [0.1, 0.15) is 0 Å². The van der Waals surface area contributed by atoms with E-state index in [1.54, 1.807) is 0 Å². The van der Waals surface area contributed by atoms with Gasteiger partial charge in [-0.15, -0.1) is 0 Å². The molecule has 5 nitrogen and oxygen atoms in total. The summed E-state index contributed by atoms with van der Waals surface area (Å²) in [6.07, 6.45) is 1.19. The zero-order chi connectivity index (χ0) is 9.84. The third kappa shape index (κ3) is 2.51. The van der Waals surface area contributed by atoms with Gasteiger partial charge in [-0.05, 0) is 12.2 Å². The van der Waals surface area contributed by atoms with Gasteiger partial charge < -0.3 is 4.74 Å². The number of carbonyl (C=O) groups is 2. The Hall–Kier alpha value is -1.43. The maximum absolute atomic E-state index is 11.1. The van der Waals surface area contributed by atoms with E-state index >= 15 is 0 Å². The lowest BCUT2D eigenvalue weighted by molar-refractivity contribution is -0.140. The maximum Gasteiger partial charge on any atom is 0.310 e. The number of amides is 1. The van der Waals surface area contributed by atoms with Crippen LogP contribution in [0, 0.1) is 0 Å². The molecule has 0 aromatic rings. The number of hydrogen-bond donors (Lipinski definition) is 1. The first-order valence-electron chi connectivity index (χ1n) is 3.45. The average molecular weight is 199 g/mol. The van der Waals surface area contributed by atoms with E-state index in [-0.39, 0.29) is 17.1 Å². The molecule has 1 amide bonds. The van der Waals surface area contributed by atoms with Crippen molar-refractivity contribution in [1.82, 2.24) is 10.6 Å². The van der Waals surface area contributed by atoms with Gasteiger partial charge in [0.15, 0.2) is 5.11 Å². The fourth-order valence-electron chi connectivity index (χ4n) is 0.758. The van der Waals surface area contributed by atoms with Crippen LogP contribution in [0.15, 0.2) is 11.8 Å². The molecule has 0 bridgehead atoms. The van der Waals surface area contributed by atoms with Gasteiger partial charge in [0.05, 0.1) is 13.5 Å². The largest absolute Gasteiger partial charge is 0.469 e. The van der Waals surface area contributed by atoms with E-state index in [9.17, 15) is 9.59 Å². The van der Waals surface area contributed by atoms with Crippen LogP contribution in [0.4, 0.5) is 0 Å². The lowest BCUT2D eigenvalue weighted by Gasteiger charge is -2.12. The summed E-state index contributed by atoms with van der Waals surface area (Å²) in [7, 11) is 1.26. The van der Waals surface area contributed by atoms with Crippen molar-refractivity contribution in [3.05, 3.63) is 11.8 Å². The normalized spacial score (nSPS) is 15.6. The van der Waals surface area contributed by atoms with Crippen molar-refractivity contribution in [3.63, 3.8) is 0 Å². The van der Waals surface area contributed by atoms with Crippen LogP contribution in [0.25, 0.3) is 0 Å². The number of nitrogens with one attached hydrogen (secondary N) is 1. The van der Waals surface area contributed by atoms with Crippen molar-refractivity contribution in [2.24, 2.45) is 0 Å². The number of methoxy groups -OCH3 is 1. The fourth-order valence-corrected chi connectivity index (χ4v) is 0.904. The molecule has 1 radical (unpaired) electrons. The van der Waals surface area contributed by atoms with E-state index in [0.29, 0.717) is 0 Å². The van der Waals surface area contributed by atoms with Crippen molar-refractivity contribution in [2.45, 2.75) is 6.42 Å². The Labute approximate surface area is 80.1 Å². The first-order chi connectivity index (χ1) is 6.13. The molecule has 0 unspecified atom stereocenters. The molecule has 0 aromatic carbocycles. The highest BCUT2D eigenvalue weighted by Gasteiger charge is 2.19. The highest BCUT2D eigenvalue weighted by molar-refractivity contribution is 7.80. The van der Waals surface area contributed by atoms with E-state index in [1.807, 2.05) is 0 Å². The van der Waals surface area contributed by atoms with Gasteiger partial charge in [-0.2, -0.15) is 0 Å². The van der Waals surface area contributed by atoms with E-state index < -0.39 is 11.9 Å². The predicted octanol–water partition coefficient (Wildman–Crippen LogP) is -0.548. The first kappa shape index (κ1) is 9.66. The van der Waals surface area contributed by atoms with Gasteiger partial charge in [0.2, 0.25) is 0 Å². The summed E-state index contributed by atoms with van der Waals surface area (Å²) in [5, 5.41) is 6.10. The molecule has 0 saturated heterocycles. The van der Waals surface area contributed by atoms with Crippen LogP contribution in [0.3, 0.4) is 0 Å². The molecule has 1 aliphatic rings. The van der Waals surface area contributed by atoms with Gasteiger partial charge in [0, 0.05) is 11.8 Å². The number of ether oxygens (including phenoxy) is 1. The van der Waals surface area contributed by atoms with Crippen LogP contribution in [0.1, 0.15) is 6.42 Å². The van der Waals surface area contributed by atoms with Crippen LogP contribution in [-0.2, 0) is 14.3 Å². The number of rotatable bonds is 2. The van der Waals surface area contributed by atoms with Crippen molar-refractivity contribution >= 4 is 29.2 Å². The van der Waals surface area contributed by atoms with Gasteiger partial charge in [-0.3, -0.25) is 14.9 Å². The summed E-state index contributed by atoms with van der Waals surface area (Å²) in [4.78, 5) is 21.9. The molecule has 1 heterocycles. The zero-order valence-electron chi connectivity index (χ0n) is 6.86. The molecule has 13 heavy (non-hydrogen) atoms. The minimum absolute atomic E-state index is 0.0888. The number of nitrogens with zero attached hydrogens (tertiary/aromatic N) is 1. The quantitative estimate of drug-likeness (QED) is 0.478. The Balaban J connectivity index is 2.64. The van der Waals surface area contributed by atoms with E-state index in [0.717, 1.165) is 0 Å². The van der Waals surface area contributed by atoms with Crippen LogP contribution in [0.5, 0.6) is 0 Å². The summed E-state index contributed by atoms with van der Waals surface area (Å²) < 4.78 is 4.39. The van der Waals surface area contributed by atoms with Gasteiger partial charge >= 0.3 is 5.97 Å². The molecule has 0 aromatic heterocycles. The highest BCUT2D eigenvalue weighted by Crippen LogP contribution is 2.05. The second kappa shape index (κ2) is 3.99.